The second kappa shape index (κ2) is 8.42. The Hall–Kier alpha value is -2.23. The average Bonchev–Trinajstić information content (AvgIpc) is 2.57. The maximum Gasteiger partial charge on any atom is 0.426 e. The number of anilines is 2. The van der Waals surface area contributed by atoms with Crippen LogP contribution in [0.4, 0.5) is 24.5 Å². The van der Waals surface area contributed by atoms with Gasteiger partial charge in [-0.1, -0.05) is 35.5 Å². The first-order valence-corrected chi connectivity index (χ1v) is 9.06. The van der Waals surface area contributed by atoms with Crippen LogP contribution < -0.4 is 10.6 Å². The molecule has 0 aliphatic heterocycles. The Balaban J connectivity index is 2.20. The van der Waals surface area contributed by atoms with Gasteiger partial charge in [0.05, 0.1) is 16.4 Å². The topological polar surface area (TPSA) is 78.4 Å². The number of alkyl halides is 3. The molecule has 0 aliphatic rings. The predicted octanol–water partition coefficient (Wildman–Crippen LogP) is 4.70. The number of nitrogens with one attached hydrogen (secondary N) is 2. The van der Waals surface area contributed by atoms with Crippen LogP contribution in [0.5, 0.6) is 0 Å². The van der Waals surface area contributed by atoms with Gasteiger partial charge in [0.1, 0.15) is 0 Å². The summed E-state index contributed by atoms with van der Waals surface area (Å²) in [7, 11) is 0. The molecule has 0 radical (unpaired) electrons. The molecule has 5 nitrogen and oxygen atoms in total. The SMILES string of the molecule is CC(=O)Nc1ccccc1Sc1ccc(NC(=O)[C@@](C)(O)C(F)(F)F)c(Cl)c1. The normalized spacial score (nSPS) is 13.5. The van der Waals surface area contributed by atoms with E-state index in [2.05, 4.69) is 5.32 Å². The van der Waals surface area contributed by atoms with Crippen molar-refractivity contribution < 1.29 is 27.9 Å². The van der Waals surface area contributed by atoms with Crippen molar-refractivity contribution in [3.8, 4) is 0 Å². The van der Waals surface area contributed by atoms with Gasteiger partial charge in [0.25, 0.3) is 5.91 Å². The molecule has 0 heterocycles. The summed E-state index contributed by atoms with van der Waals surface area (Å²) in [6.07, 6.45) is -5.13. The van der Waals surface area contributed by atoms with Gasteiger partial charge in [-0.05, 0) is 37.3 Å². The summed E-state index contributed by atoms with van der Waals surface area (Å²) in [5, 5.41) is 14.1. The molecule has 3 N–H and O–H groups in total. The van der Waals surface area contributed by atoms with Crippen LogP contribution >= 0.6 is 23.4 Å². The van der Waals surface area contributed by atoms with Gasteiger partial charge in [0.2, 0.25) is 11.5 Å². The van der Waals surface area contributed by atoms with Gasteiger partial charge in [-0.15, -0.1) is 0 Å². The van der Waals surface area contributed by atoms with Crippen molar-refractivity contribution in [2.75, 3.05) is 10.6 Å². The van der Waals surface area contributed by atoms with Crippen molar-refractivity contribution in [2.24, 2.45) is 0 Å². The molecule has 150 valence electrons. The van der Waals surface area contributed by atoms with Crippen LogP contribution in [-0.4, -0.2) is 28.7 Å². The number of carbonyl (C=O) groups excluding carboxylic acids is 2. The average molecular weight is 433 g/mol. The second-order valence-corrected chi connectivity index (χ2v) is 7.47. The van der Waals surface area contributed by atoms with Crippen LogP contribution in [0.25, 0.3) is 0 Å². The fourth-order valence-electron chi connectivity index (χ4n) is 2.01. The minimum atomic E-state index is -5.13. The first kappa shape index (κ1) is 22.1. The molecular formula is C18H16ClF3N2O3S. The number of hydrogen-bond donors (Lipinski definition) is 3. The number of para-hydroxylation sites is 1. The maximum atomic E-state index is 12.7. The van der Waals surface area contributed by atoms with Crippen LogP contribution in [0, 0.1) is 0 Å². The molecule has 0 bridgehead atoms. The predicted molar refractivity (Wildman–Crippen MR) is 102 cm³/mol. The van der Waals surface area contributed by atoms with E-state index in [0.717, 1.165) is 4.90 Å². The van der Waals surface area contributed by atoms with Gasteiger partial charge in [-0.3, -0.25) is 9.59 Å². The molecule has 28 heavy (non-hydrogen) atoms. The second-order valence-electron chi connectivity index (χ2n) is 5.95. The first-order chi connectivity index (χ1) is 12.9. The van der Waals surface area contributed by atoms with Crippen LogP contribution in [0.1, 0.15) is 13.8 Å². The largest absolute Gasteiger partial charge is 0.426 e. The van der Waals surface area contributed by atoms with Crippen LogP contribution in [0.15, 0.2) is 52.3 Å². The monoisotopic (exact) mass is 432 g/mol. The molecule has 2 aromatic rings. The fraction of sp³-hybridized carbons (Fsp3) is 0.222. The third-order valence-electron chi connectivity index (χ3n) is 3.61. The van der Waals surface area contributed by atoms with Gasteiger partial charge in [-0.25, -0.2) is 0 Å². The summed E-state index contributed by atoms with van der Waals surface area (Å²) in [4.78, 5) is 24.4. The Morgan fingerprint density at radius 3 is 2.29 bits per heavy atom. The minimum Gasteiger partial charge on any atom is -0.373 e. The third kappa shape index (κ3) is 5.18. The number of hydrogen-bond acceptors (Lipinski definition) is 4. The molecule has 0 aromatic heterocycles. The van der Waals surface area contributed by atoms with E-state index in [9.17, 15) is 27.9 Å². The summed E-state index contributed by atoms with van der Waals surface area (Å²) in [5.41, 5.74) is -3.04. The number of aliphatic hydroxyl groups is 1. The van der Waals surface area contributed by atoms with E-state index in [1.807, 2.05) is 5.32 Å². The van der Waals surface area contributed by atoms with Crippen molar-refractivity contribution >= 4 is 46.6 Å². The summed E-state index contributed by atoms with van der Waals surface area (Å²) in [6.45, 7) is 1.74. The maximum absolute atomic E-state index is 12.7. The van der Waals surface area contributed by atoms with Crippen LogP contribution in [-0.2, 0) is 9.59 Å². The summed E-state index contributed by atoms with van der Waals surface area (Å²) in [6, 6.07) is 11.4. The fourth-order valence-corrected chi connectivity index (χ4v) is 3.24. The van der Waals surface area contributed by atoms with E-state index in [1.165, 1.54) is 30.8 Å². The van der Waals surface area contributed by atoms with E-state index in [0.29, 0.717) is 17.5 Å². The van der Waals surface area contributed by atoms with Crippen molar-refractivity contribution in [3.05, 3.63) is 47.5 Å². The van der Waals surface area contributed by atoms with E-state index >= 15 is 0 Å². The van der Waals surface area contributed by atoms with Crippen LogP contribution in [0.3, 0.4) is 0 Å². The highest BCUT2D eigenvalue weighted by Crippen LogP contribution is 2.37. The van der Waals surface area contributed by atoms with Crippen molar-refractivity contribution in [3.63, 3.8) is 0 Å². The molecule has 10 heteroatoms. The smallest absolute Gasteiger partial charge is 0.373 e. The molecular weight excluding hydrogens is 417 g/mol. The molecule has 2 amide bonds. The Morgan fingerprint density at radius 2 is 1.71 bits per heavy atom. The van der Waals surface area contributed by atoms with Crippen molar-refractivity contribution in [2.45, 2.75) is 35.4 Å². The molecule has 0 unspecified atom stereocenters. The lowest BCUT2D eigenvalue weighted by Crippen LogP contribution is -2.52. The standard InChI is InChI=1S/C18H16ClF3N2O3S/c1-10(25)23-14-5-3-4-6-15(14)28-11-7-8-13(12(19)9-11)24-16(26)17(2,27)18(20,21)22/h3-9,27H,1-2H3,(H,23,25)(H,24,26)/t17-/m1/s1. The minimum absolute atomic E-state index is 0.00617. The van der Waals surface area contributed by atoms with E-state index < -0.39 is 17.7 Å². The summed E-state index contributed by atoms with van der Waals surface area (Å²) in [5.74, 6) is -1.88. The third-order valence-corrected chi connectivity index (χ3v) is 4.99. The molecule has 0 fully saturated rings. The van der Waals surface area contributed by atoms with E-state index in [1.54, 1.807) is 30.3 Å². The zero-order chi connectivity index (χ0) is 21.1. The van der Waals surface area contributed by atoms with Gasteiger partial charge in [0, 0.05) is 16.7 Å². The lowest BCUT2D eigenvalue weighted by molar-refractivity contribution is -0.242. The number of benzene rings is 2. The Labute approximate surface area is 168 Å². The highest BCUT2D eigenvalue weighted by Gasteiger charge is 2.55. The van der Waals surface area contributed by atoms with E-state index in [4.69, 9.17) is 11.6 Å². The first-order valence-electron chi connectivity index (χ1n) is 7.86. The summed E-state index contributed by atoms with van der Waals surface area (Å²) >= 11 is 7.33. The molecule has 0 aliphatic carbocycles. The lowest BCUT2D eigenvalue weighted by Gasteiger charge is -2.25. The van der Waals surface area contributed by atoms with E-state index in [-0.39, 0.29) is 16.6 Å². The molecule has 0 spiro atoms. The zero-order valence-corrected chi connectivity index (χ0v) is 16.3. The number of rotatable bonds is 5. The van der Waals surface area contributed by atoms with Crippen LogP contribution in [0.2, 0.25) is 5.02 Å². The Kier molecular flexibility index (Phi) is 6.63. The molecule has 0 saturated heterocycles. The van der Waals surface area contributed by atoms with Crippen molar-refractivity contribution in [1.82, 2.24) is 0 Å². The highest BCUT2D eigenvalue weighted by atomic mass is 35.5. The van der Waals surface area contributed by atoms with Gasteiger partial charge in [0.15, 0.2) is 0 Å². The number of carbonyl (C=O) groups is 2. The molecule has 2 aromatic carbocycles. The van der Waals surface area contributed by atoms with Gasteiger partial charge < -0.3 is 15.7 Å². The number of halogens is 4. The Bertz CT molecular complexity index is 904. The zero-order valence-electron chi connectivity index (χ0n) is 14.7. The van der Waals surface area contributed by atoms with Gasteiger partial charge >= 0.3 is 6.18 Å². The van der Waals surface area contributed by atoms with Gasteiger partial charge in [-0.2, -0.15) is 13.2 Å². The molecule has 2 rings (SSSR count). The summed E-state index contributed by atoms with van der Waals surface area (Å²) < 4.78 is 38.2. The highest BCUT2D eigenvalue weighted by molar-refractivity contribution is 7.99. The quantitative estimate of drug-likeness (QED) is 0.640. The molecule has 0 saturated carbocycles. The Morgan fingerprint density at radius 1 is 1.07 bits per heavy atom. The van der Waals surface area contributed by atoms with Crippen molar-refractivity contribution in [1.29, 1.82) is 0 Å². The molecule has 1 atom stereocenters. The number of amides is 2. The lowest BCUT2D eigenvalue weighted by atomic mass is 10.1.